The Balaban J connectivity index is 2.10. The van der Waals surface area contributed by atoms with Gasteiger partial charge in [-0.05, 0) is 38.0 Å². The van der Waals surface area contributed by atoms with Crippen molar-refractivity contribution in [2.24, 2.45) is 0 Å². The third-order valence-corrected chi connectivity index (χ3v) is 3.45. The van der Waals surface area contributed by atoms with E-state index in [0.29, 0.717) is 18.8 Å². The first kappa shape index (κ1) is 14.2. The van der Waals surface area contributed by atoms with Gasteiger partial charge in [-0.25, -0.2) is 0 Å². The average Bonchev–Trinajstić information content (AvgIpc) is 2.92. The molecular weight excluding hydrogens is 254 g/mol. The van der Waals surface area contributed by atoms with Crippen molar-refractivity contribution in [3.8, 4) is 0 Å². The van der Waals surface area contributed by atoms with Gasteiger partial charge < -0.3 is 4.90 Å². The minimum atomic E-state index is 0.0257. The summed E-state index contributed by atoms with van der Waals surface area (Å²) in [6.07, 6.45) is 0.586. The van der Waals surface area contributed by atoms with Crippen molar-refractivity contribution in [1.82, 2.24) is 25.5 Å². The molecule has 0 spiro atoms. The minimum absolute atomic E-state index is 0.0257. The lowest BCUT2D eigenvalue weighted by Crippen LogP contribution is -2.29. The fraction of sp³-hybridized carbons (Fsp3) is 0.429. The number of carbonyl (C=O) groups excluding carboxylic acids is 1. The smallest absolute Gasteiger partial charge is 0.253 e. The first-order chi connectivity index (χ1) is 9.49. The van der Waals surface area contributed by atoms with Crippen LogP contribution < -0.4 is 0 Å². The molecule has 0 radical (unpaired) electrons. The summed E-state index contributed by atoms with van der Waals surface area (Å²) in [5.74, 6) is 0.639. The van der Waals surface area contributed by atoms with Gasteiger partial charge in [0.25, 0.3) is 5.91 Å². The molecule has 20 heavy (non-hydrogen) atoms. The molecule has 0 saturated heterocycles. The maximum Gasteiger partial charge on any atom is 0.253 e. The van der Waals surface area contributed by atoms with Gasteiger partial charge in [0.2, 0.25) is 0 Å². The minimum Gasteiger partial charge on any atom is -0.341 e. The van der Waals surface area contributed by atoms with Gasteiger partial charge in [-0.15, -0.1) is 10.2 Å². The second kappa shape index (κ2) is 5.81. The second-order valence-corrected chi connectivity index (χ2v) is 5.06. The number of likely N-dealkylation sites (N-methyl/N-ethyl adjacent to an activating group) is 1. The third kappa shape index (κ3) is 3.01. The molecule has 0 saturated carbocycles. The van der Waals surface area contributed by atoms with Crippen LogP contribution in [0.1, 0.15) is 32.9 Å². The van der Waals surface area contributed by atoms with Crippen LogP contribution in [0.2, 0.25) is 0 Å². The zero-order valence-electron chi connectivity index (χ0n) is 12.3. The predicted octanol–water partition coefficient (Wildman–Crippen LogP) is 1.44. The Morgan fingerprint density at radius 3 is 2.70 bits per heavy atom. The van der Waals surface area contributed by atoms with Crippen molar-refractivity contribution in [1.29, 1.82) is 0 Å². The highest BCUT2D eigenvalue weighted by Crippen LogP contribution is 2.17. The average molecular weight is 273 g/mol. The molecule has 0 unspecified atom stereocenters. The van der Waals surface area contributed by atoms with E-state index in [-0.39, 0.29) is 5.91 Å². The third-order valence-electron chi connectivity index (χ3n) is 3.45. The standard InChI is InChI=1S/C14H19N5O/c1-9-7-10(2)11(3)12(8-9)14(20)19(4)6-5-13-15-17-18-16-13/h7-8H,5-6H2,1-4H3,(H,15,16,17,18). The number of rotatable bonds is 4. The van der Waals surface area contributed by atoms with Gasteiger partial charge in [-0.2, -0.15) is 5.21 Å². The number of H-pyrrole nitrogens is 1. The Hall–Kier alpha value is -2.24. The van der Waals surface area contributed by atoms with Crippen LogP contribution in [0.3, 0.4) is 0 Å². The maximum atomic E-state index is 12.5. The van der Waals surface area contributed by atoms with Crippen molar-refractivity contribution < 1.29 is 4.79 Å². The molecule has 0 aliphatic heterocycles. The van der Waals surface area contributed by atoms with E-state index in [9.17, 15) is 4.79 Å². The second-order valence-electron chi connectivity index (χ2n) is 5.06. The number of nitrogens with one attached hydrogen (secondary N) is 1. The molecule has 1 aromatic heterocycles. The number of hydrogen-bond donors (Lipinski definition) is 1. The number of aromatic amines is 1. The zero-order chi connectivity index (χ0) is 14.7. The number of nitrogens with zero attached hydrogens (tertiary/aromatic N) is 4. The van der Waals surface area contributed by atoms with Gasteiger partial charge in [0, 0.05) is 25.6 Å². The number of aryl methyl sites for hydroxylation is 2. The molecule has 106 valence electrons. The monoisotopic (exact) mass is 273 g/mol. The number of aromatic nitrogens is 4. The molecule has 2 rings (SSSR count). The Labute approximate surface area is 118 Å². The Kier molecular flexibility index (Phi) is 4.12. The van der Waals surface area contributed by atoms with Crippen molar-refractivity contribution in [3.63, 3.8) is 0 Å². The maximum absolute atomic E-state index is 12.5. The molecule has 1 N–H and O–H groups in total. The molecule has 6 nitrogen and oxygen atoms in total. The Morgan fingerprint density at radius 1 is 1.30 bits per heavy atom. The lowest BCUT2D eigenvalue weighted by atomic mass is 9.99. The van der Waals surface area contributed by atoms with E-state index >= 15 is 0 Å². The van der Waals surface area contributed by atoms with E-state index in [1.54, 1.807) is 11.9 Å². The number of benzene rings is 1. The number of carbonyl (C=O) groups is 1. The van der Waals surface area contributed by atoms with E-state index < -0.39 is 0 Å². The summed E-state index contributed by atoms with van der Waals surface area (Å²) in [5.41, 5.74) is 4.04. The van der Waals surface area contributed by atoms with Crippen molar-refractivity contribution >= 4 is 5.91 Å². The summed E-state index contributed by atoms with van der Waals surface area (Å²) in [6.45, 7) is 6.57. The van der Waals surface area contributed by atoms with Gasteiger partial charge in [-0.1, -0.05) is 16.8 Å². The van der Waals surface area contributed by atoms with Crippen LogP contribution in [0.15, 0.2) is 12.1 Å². The quantitative estimate of drug-likeness (QED) is 0.914. The molecule has 0 fully saturated rings. The summed E-state index contributed by atoms with van der Waals surface area (Å²) in [4.78, 5) is 14.2. The molecule has 1 aromatic carbocycles. The van der Waals surface area contributed by atoms with E-state index in [0.717, 1.165) is 22.3 Å². The molecule has 6 heteroatoms. The van der Waals surface area contributed by atoms with Gasteiger partial charge in [0.15, 0.2) is 5.82 Å². The lowest BCUT2D eigenvalue weighted by molar-refractivity contribution is 0.0795. The highest BCUT2D eigenvalue weighted by molar-refractivity contribution is 5.96. The summed E-state index contributed by atoms with van der Waals surface area (Å²) in [6, 6.07) is 4.03. The Morgan fingerprint density at radius 2 is 2.05 bits per heavy atom. The summed E-state index contributed by atoms with van der Waals surface area (Å²) >= 11 is 0. The highest BCUT2D eigenvalue weighted by atomic mass is 16.2. The lowest BCUT2D eigenvalue weighted by Gasteiger charge is -2.19. The molecule has 0 atom stereocenters. The molecule has 0 bridgehead atoms. The summed E-state index contributed by atoms with van der Waals surface area (Å²) < 4.78 is 0. The van der Waals surface area contributed by atoms with E-state index in [1.807, 2.05) is 26.8 Å². The van der Waals surface area contributed by atoms with Crippen LogP contribution in [0.5, 0.6) is 0 Å². The molecule has 2 aromatic rings. The van der Waals surface area contributed by atoms with Crippen molar-refractivity contribution in [2.45, 2.75) is 27.2 Å². The zero-order valence-corrected chi connectivity index (χ0v) is 12.3. The van der Waals surface area contributed by atoms with Crippen LogP contribution in [-0.2, 0) is 6.42 Å². The van der Waals surface area contributed by atoms with E-state index in [1.165, 1.54) is 0 Å². The first-order valence-corrected chi connectivity index (χ1v) is 6.54. The van der Waals surface area contributed by atoms with E-state index in [4.69, 9.17) is 0 Å². The number of amides is 1. The molecular formula is C14H19N5O. The topological polar surface area (TPSA) is 74.8 Å². The molecule has 1 amide bonds. The number of tetrazole rings is 1. The molecule has 0 aliphatic rings. The largest absolute Gasteiger partial charge is 0.341 e. The van der Waals surface area contributed by atoms with Crippen LogP contribution in [0.4, 0.5) is 0 Å². The fourth-order valence-electron chi connectivity index (χ4n) is 2.13. The summed E-state index contributed by atoms with van der Waals surface area (Å²) in [5, 5.41) is 13.7. The van der Waals surface area contributed by atoms with Gasteiger partial charge in [0.05, 0.1) is 0 Å². The number of hydrogen-bond acceptors (Lipinski definition) is 4. The highest BCUT2D eigenvalue weighted by Gasteiger charge is 2.16. The van der Waals surface area contributed by atoms with Crippen LogP contribution >= 0.6 is 0 Å². The van der Waals surface area contributed by atoms with Crippen LogP contribution in [-0.4, -0.2) is 45.0 Å². The van der Waals surface area contributed by atoms with Gasteiger partial charge in [0.1, 0.15) is 0 Å². The van der Waals surface area contributed by atoms with Crippen molar-refractivity contribution in [2.75, 3.05) is 13.6 Å². The fourth-order valence-corrected chi connectivity index (χ4v) is 2.13. The van der Waals surface area contributed by atoms with Crippen LogP contribution in [0.25, 0.3) is 0 Å². The predicted molar refractivity (Wildman–Crippen MR) is 75.5 cm³/mol. The van der Waals surface area contributed by atoms with Gasteiger partial charge >= 0.3 is 0 Å². The van der Waals surface area contributed by atoms with Crippen molar-refractivity contribution in [3.05, 3.63) is 40.2 Å². The normalized spacial score (nSPS) is 10.6. The van der Waals surface area contributed by atoms with Crippen LogP contribution in [0, 0.1) is 20.8 Å². The van der Waals surface area contributed by atoms with E-state index in [2.05, 4.69) is 26.7 Å². The molecule has 1 heterocycles. The van der Waals surface area contributed by atoms with Gasteiger partial charge in [-0.3, -0.25) is 4.79 Å². The SMILES string of the molecule is Cc1cc(C)c(C)c(C(=O)N(C)CCc2nn[nH]n2)c1. The first-order valence-electron chi connectivity index (χ1n) is 6.54. The molecule has 0 aliphatic carbocycles. The summed E-state index contributed by atoms with van der Waals surface area (Å²) in [7, 11) is 1.79. The Bertz CT molecular complexity index is 606.